The third kappa shape index (κ3) is 6.52. The van der Waals surface area contributed by atoms with E-state index in [0.29, 0.717) is 0 Å². The molecule has 0 heterocycles. The third-order valence-electron chi connectivity index (χ3n) is 2.03. The van der Waals surface area contributed by atoms with Crippen molar-refractivity contribution < 1.29 is 24.2 Å². The molecule has 0 aromatic carbocycles. The highest BCUT2D eigenvalue weighted by Gasteiger charge is 2.26. The maximum absolute atomic E-state index is 11.4. The Labute approximate surface area is 99.5 Å². The van der Waals surface area contributed by atoms with Gasteiger partial charge in [-0.25, -0.2) is 4.79 Å². The van der Waals surface area contributed by atoms with Crippen LogP contribution in [0, 0.1) is 5.41 Å². The second-order valence-corrected chi connectivity index (χ2v) is 4.13. The first-order valence-electron chi connectivity index (χ1n) is 5.08. The molecule has 2 amide bonds. The van der Waals surface area contributed by atoms with Gasteiger partial charge >= 0.3 is 5.97 Å². The van der Waals surface area contributed by atoms with Crippen LogP contribution in [0.1, 0.15) is 13.8 Å². The van der Waals surface area contributed by atoms with Crippen LogP contribution in [0.15, 0.2) is 0 Å². The largest absolute Gasteiger partial charge is 0.480 e. The third-order valence-corrected chi connectivity index (χ3v) is 2.03. The van der Waals surface area contributed by atoms with Gasteiger partial charge in [0, 0.05) is 13.6 Å². The average Bonchev–Trinajstić information content (AvgIpc) is 2.24. The number of nitrogens with one attached hydrogen (secondary N) is 2. The van der Waals surface area contributed by atoms with Gasteiger partial charge < -0.3 is 20.5 Å². The number of hydrogen-bond donors (Lipinski definition) is 3. The maximum Gasteiger partial charge on any atom is 0.329 e. The minimum Gasteiger partial charge on any atom is -0.480 e. The van der Waals surface area contributed by atoms with E-state index in [1.807, 2.05) is 0 Å². The smallest absolute Gasteiger partial charge is 0.329 e. The molecule has 17 heavy (non-hydrogen) atoms. The molecule has 0 aliphatic rings. The van der Waals surface area contributed by atoms with Gasteiger partial charge in [0.25, 0.3) is 0 Å². The van der Waals surface area contributed by atoms with Gasteiger partial charge in [0.15, 0.2) is 0 Å². The normalized spacial score (nSPS) is 10.8. The molecule has 0 atom stereocenters. The second-order valence-electron chi connectivity index (χ2n) is 4.13. The van der Waals surface area contributed by atoms with Crippen molar-refractivity contribution in [1.29, 1.82) is 0 Å². The monoisotopic (exact) mass is 246 g/mol. The van der Waals surface area contributed by atoms with Crippen molar-refractivity contribution in [1.82, 2.24) is 10.6 Å². The molecule has 0 fully saturated rings. The van der Waals surface area contributed by atoms with Crippen LogP contribution in [0.3, 0.4) is 0 Å². The van der Waals surface area contributed by atoms with E-state index >= 15 is 0 Å². The minimum absolute atomic E-state index is 0.155. The molecule has 0 spiro atoms. The highest BCUT2D eigenvalue weighted by Crippen LogP contribution is 2.12. The second kappa shape index (κ2) is 6.85. The van der Waals surface area contributed by atoms with E-state index in [0.717, 1.165) is 0 Å². The molecule has 0 rings (SSSR count). The number of amides is 2. The predicted octanol–water partition coefficient (Wildman–Crippen LogP) is -1.02. The molecule has 0 saturated heterocycles. The Balaban J connectivity index is 3.91. The average molecular weight is 246 g/mol. The molecule has 0 bridgehead atoms. The lowest BCUT2D eigenvalue weighted by Crippen LogP contribution is -2.44. The number of carboxylic acids is 1. The molecule has 0 saturated carbocycles. The Bertz CT molecular complexity index is 301. The van der Waals surface area contributed by atoms with Gasteiger partial charge in [0.1, 0.15) is 13.2 Å². The summed E-state index contributed by atoms with van der Waals surface area (Å²) in [4.78, 5) is 32.7. The Morgan fingerprint density at radius 2 is 1.82 bits per heavy atom. The standard InChI is InChI=1S/C10H18N2O5/c1-10(2,9(16)11-3)6-12-7(13)4-17-5-8(14)15/h4-6H2,1-3H3,(H,11,16)(H,12,13)(H,14,15). The first-order chi connectivity index (χ1) is 7.79. The summed E-state index contributed by atoms with van der Waals surface area (Å²) in [6, 6.07) is 0. The quantitative estimate of drug-likeness (QED) is 0.533. The number of aliphatic carboxylic acids is 1. The summed E-state index contributed by atoms with van der Waals surface area (Å²) in [5.74, 6) is -1.78. The molecule has 3 N–H and O–H groups in total. The van der Waals surface area contributed by atoms with E-state index in [1.165, 1.54) is 7.05 Å². The van der Waals surface area contributed by atoms with Crippen LogP contribution in [0.25, 0.3) is 0 Å². The van der Waals surface area contributed by atoms with E-state index in [-0.39, 0.29) is 19.1 Å². The van der Waals surface area contributed by atoms with Crippen molar-refractivity contribution >= 4 is 17.8 Å². The summed E-state index contributed by atoms with van der Waals surface area (Å²) in [6.45, 7) is 2.67. The fourth-order valence-corrected chi connectivity index (χ4v) is 1.02. The summed E-state index contributed by atoms with van der Waals surface area (Å²) in [6.07, 6.45) is 0. The highest BCUT2D eigenvalue weighted by molar-refractivity contribution is 5.83. The van der Waals surface area contributed by atoms with Crippen LogP contribution in [-0.2, 0) is 19.1 Å². The Morgan fingerprint density at radius 1 is 1.24 bits per heavy atom. The zero-order chi connectivity index (χ0) is 13.5. The predicted molar refractivity (Wildman–Crippen MR) is 59.3 cm³/mol. The lowest BCUT2D eigenvalue weighted by Gasteiger charge is -2.22. The van der Waals surface area contributed by atoms with Crippen LogP contribution in [-0.4, -0.2) is 49.7 Å². The summed E-state index contributed by atoms with van der Waals surface area (Å²) in [7, 11) is 1.52. The Hall–Kier alpha value is -1.63. The lowest BCUT2D eigenvalue weighted by atomic mass is 9.92. The zero-order valence-corrected chi connectivity index (χ0v) is 10.2. The number of carbonyl (C=O) groups excluding carboxylic acids is 2. The molecule has 0 radical (unpaired) electrons. The fourth-order valence-electron chi connectivity index (χ4n) is 1.02. The summed E-state index contributed by atoms with van der Waals surface area (Å²) in [5, 5.41) is 13.3. The summed E-state index contributed by atoms with van der Waals surface area (Å²) in [5.41, 5.74) is -0.725. The Morgan fingerprint density at radius 3 is 2.29 bits per heavy atom. The molecule has 7 heteroatoms. The van der Waals surface area contributed by atoms with Gasteiger partial charge in [-0.1, -0.05) is 0 Å². The van der Waals surface area contributed by atoms with Crippen molar-refractivity contribution in [3.8, 4) is 0 Å². The topological polar surface area (TPSA) is 105 Å². The molecular formula is C10H18N2O5. The zero-order valence-electron chi connectivity index (χ0n) is 10.2. The van der Waals surface area contributed by atoms with Crippen molar-refractivity contribution in [3.05, 3.63) is 0 Å². The van der Waals surface area contributed by atoms with E-state index in [2.05, 4.69) is 15.4 Å². The number of ether oxygens (including phenoxy) is 1. The van der Waals surface area contributed by atoms with Crippen LogP contribution in [0.5, 0.6) is 0 Å². The fraction of sp³-hybridized carbons (Fsp3) is 0.700. The molecule has 0 aromatic heterocycles. The number of rotatable bonds is 7. The van der Waals surface area contributed by atoms with E-state index in [9.17, 15) is 14.4 Å². The number of carboxylic acid groups (broad SMARTS) is 1. The van der Waals surface area contributed by atoms with Gasteiger partial charge in [0.05, 0.1) is 5.41 Å². The minimum atomic E-state index is -1.14. The van der Waals surface area contributed by atoms with Gasteiger partial charge in [-0.15, -0.1) is 0 Å². The van der Waals surface area contributed by atoms with Crippen molar-refractivity contribution in [3.63, 3.8) is 0 Å². The van der Waals surface area contributed by atoms with Crippen LogP contribution >= 0.6 is 0 Å². The molecular weight excluding hydrogens is 228 g/mol. The van der Waals surface area contributed by atoms with Crippen molar-refractivity contribution in [2.45, 2.75) is 13.8 Å². The van der Waals surface area contributed by atoms with E-state index in [4.69, 9.17) is 5.11 Å². The summed E-state index contributed by atoms with van der Waals surface area (Å²) < 4.78 is 4.60. The number of carbonyl (C=O) groups is 3. The Kier molecular flexibility index (Phi) is 6.19. The molecule has 7 nitrogen and oxygen atoms in total. The molecule has 0 aliphatic carbocycles. The molecule has 0 aromatic rings. The van der Waals surface area contributed by atoms with Crippen molar-refractivity contribution in [2.75, 3.05) is 26.8 Å². The first kappa shape index (κ1) is 15.4. The highest BCUT2D eigenvalue weighted by atomic mass is 16.5. The van der Waals surface area contributed by atoms with E-state index < -0.39 is 23.9 Å². The van der Waals surface area contributed by atoms with Gasteiger partial charge in [-0.2, -0.15) is 0 Å². The number of hydrogen-bond acceptors (Lipinski definition) is 4. The summed E-state index contributed by atoms with van der Waals surface area (Å²) >= 11 is 0. The first-order valence-corrected chi connectivity index (χ1v) is 5.08. The van der Waals surface area contributed by atoms with Gasteiger partial charge in [-0.05, 0) is 13.8 Å². The molecule has 98 valence electrons. The maximum atomic E-state index is 11.4. The van der Waals surface area contributed by atoms with Gasteiger partial charge in [-0.3, -0.25) is 9.59 Å². The lowest BCUT2D eigenvalue weighted by molar-refractivity contribution is -0.143. The van der Waals surface area contributed by atoms with Crippen molar-refractivity contribution in [2.24, 2.45) is 5.41 Å². The van der Waals surface area contributed by atoms with Crippen LogP contribution in [0.4, 0.5) is 0 Å². The SMILES string of the molecule is CNC(=O)C(C)(C)CNC(=O)COCC(=O)O. The van der Waals surface area contributed by atoms with Crippen LogP contribution in [0.2, 0.25) is 0 Å². The van der Waals surface area contributed by atoms with E-state index in [1.54, 1.807) is 13.8 Å². The van der Waals surface area contributed by atoms with Gasteiger partial charge in [0.2, 0.25) is 11.8 Å². The van der Waals surface area contributed by atoms with Crippen LogP contribution < -0.4 is 10.6 Å². The molecule has 0 unspecified atom stereocenters. The molecule has 0 aliphatic heterocycles.